The molecule has 1 nitrogen and oxygen atoms in total. The van der Waals surface area contributed by atoms with E-state index >= 15 is 0 Å². The molecule has 0 radical (unpaired) electrons. The molecule has 0 spiro atoms. The van der Waals surface area contributed by atoms with Crippen LogP contribution in [0.3, 0.4) is 0 Å². The standard InChI is InChI=1S/C16H14F13N/c1-2-3-4-5-6-30(16(28,29)15(25,26)27)9-7-8(17)11(18)10(12(9)19)13(20,21)14(22,23)24/h7H,2-6H2,1H3. The van der Waals surface area contributed by atoms with Gasteiger partial charge in [-0.3, -0.25) is 0 Å². The third-order valence-corrected chi connectivity index (χ3v) is 4.01. The van der Waals surface area contributed by atoms with Crippen molar-refractivity contribution in [2.24, 2.45) is 0 Å². The molecule has 1 rings (SSSR count). The molecule has 1 aromatic carbocycles. The second-order valence-corrected chi connectivity index (χ2v) is 6.20. The van der Waals surface area contributed by atoms with E-state index in [1.54, 1.807) is 6.92 Å². The van der Waals surface area contributed by atoms with Crippen LogP contribution in [0.1, 0.15) is 38.2 Å². The summed E-state index contributed by atoms with van der Waals surface area (Å²) in [6.07, 6.45) is -12.9. The van der Waals surface area contributed by atoms with Crippen LogP contribution in [0.25, 0.3) is 0 Å². The van der Waals surface area contributed by atoms with Gasteiger partial charge in [-0.1, -0.05) is 26.2 Å². The lowest BCUT2D eigenvalue weighted by Crippen LogP contribution is -2.53. The highest BCUT2D eigenvalue weighted by Crippen LogP contribution is 2.49. The first-order valence-electron chi connectivity index (χ1n) is 8.25. The predicted octanol–water partition coefficient (Wildman–Crippen LogP) is 7.30. The van der Waals surface area contributed by atoms with Gasteiger partial charge in [-0.05, 0) is 6.42 Å². The first kappa shape index (κ1) is 26.1. The van der Waals surface area contributed by atoms with E-state index in [0.29, 0.717) is 12.8 Å². The van der Waals surface area contributed by atoms with Gasteiger partial charge < -0.3 is 4.90 Å². The second kappa shape index (κ2) is 8.69. The maximum Gasteiger partial charge on any atom is 0.475 e. The quantitative estimate of drug-likeness (QED) is 0.168. The highest BCUT2D eigenvalue weighted by molar-refractivity contribution is 5.54. The predicted molar refractivity (Wildman–Crippen MR) is 78.8 cm³/mol. The van der Waals surface area contributed by atoms with Crippen LogP contribution in [0, 0.1) is 17.5 Å². The Kier molecular flexibility index (Phi) is 7.58. The minimum absolute atomic E-state index is 0.00218. The fraction of sp³-hybridized carbons (Fsp3) is 0.625. The van der Waals surface area contributed by atoms with Crippen molar-refractivity contribution in [2.75, 3.05) is 11.4 Å². The van der Waals surface area contributed by atoms with Crippen molar-refractivity contribution in [3.05, 3.63) is 29.1 Å². The molecule has 0 bridgehead atoms. The van der Waals surface area contributed by atoms with E-state index in [9.17, 15) is 57.1 Å². The van der Waals surface area contributed by atoms with Gasteiger partial charge in [0.15, 0.2) is 17.5 Å². The number of alkyl halides is 10. The van der Waals surface area contributed by atoms with E-state index < -0.39 is 77.0 Å². The Morgan fingerprint density at radius 3 is 1.70 bits per heavy atom. The molecule has 1 aromatic rings. The molecular formula is C16H14F13N. The molecule has 0 aliphatic heterocycles. The fourth-order valence-corrected chi connectivity index (χ4v) is 2.47. The Morgan fingerprint density at radius 1 is 0.733 bits per heavy atom. The Labute approximate surface area is 161 Å². The van der Waals surface area contributed by atoms with Gasteiger partial charge in [0.05, 0.1) is 5.69 Å². The highest BCUT2D eigenvalue weighted by Gasteiger charge is 2.64. The molecule has 0 aliphatic carbocycles. The number of benzene rings is 1. The molecule has 0 aromatic heterocycles. The van der Waals surface area contributed by atoms with Crippen molar-refractivity contribution in [3.63, 3.8) is 0 Å². The lowest BCUT2D eigenvalue weighted by molar-refractivity contribution is -0.291. The van der Waals surface area contributed by atoms with Gasteiger partial charge in [-0.15, -0.1) is 0 Å². The van der Waals surface area contributed by atoms with Crippen molar-refractivity contribution in [1.29, 1.82) is 0 Å². The molecule has 174 valence electrons. The first-order valence-corrected chi connectivity index (χ1v) is 8.25. The minimum atomic E-state index is -6.70. The van der Waals surface area contributed by atoms with Gasteiger partial charge in [0.25, 0.3) is 0 Å². The van der Waals surface area contributed by atoms with Crippen molar-refractivity contribution >= 4 is 5.69 Å². The summed E-state index contributed by atoms with van der Waals surface area (Å²) in [4.78, 5) is -1.20. The van der Waals surface area contributed by atoms with Crippen molar-refractivity contribution in [3.8, 4) is 0 Å². The average molecular weight is 467 g/mol. The topological polar surface area (TPSA) is 3.24 Å². The molecular weight excluding hydrogens is 453 g/mol. The summed E-state index contributed by atoms with van der Waals surface area (Å²) >= 11 is 0. The summed E-state index contributed by atoms with van der Waals surface area (Å²) in [6, 6.07) is -6.62. The Hall–Kier alpha value is -1.89. The summed E-state index contributed by atoms with van der Waals surface area (Å²) in [5.41, 5.74) is -5.60. The third kappa shape index (κ3) is 4.88. The smallest absolute Gasteiger partial charge is 0.303 e. The van der Waals surface area contributed by atoms with Gasteiger partial charge in [0, 0.05) is 12.6 Å². The highest BCUT2D eigenvalue weighted by atomic mass is 19.4. The van der Waals surface area contributed by atoms with Crippen LogP contribution in [-0.2, 0) is 5.92 Å². The normalized spacial score (nSPS) is 13.7. The molecule has 0 heterocycles. The van der Waals surface area contributed by atoms with Crippen LogP contribution in [0.15, 0.2) is 6.07 Å². The van der Waals surface area contributed by atoms with E-state index in [1.165, 1.54) is 0 Å². The Morgan fingerprint density at radius 2 is 1.27 bits per heavy atom. The molecule has 0 fully saturated rings. The molecule has 0 aliphatic rings. The van der Waals surface area contributed by atoms with E-state index in [2.05, 4.69) is 0 Å². The van der Waals surface area contributed by atoms with Crippen LogP contribution in [0.5, 0.6) is 0 Å². The van der Waals surface area contributed by atoms with Crippen LogP contribution in [0.4, 0.5) is 62.8 Å². The largest absolute Gasteiger partial charge is 0.475 e. The monoisotopic (exact) mass is 467 g/mol. The minimum Gasteiger partial charge on any atom is -0.303 e. The SMILES string of the molecule is CCCCCCN(c1cc(F)c(F)c(C(F)(F)C(F)(F)F)c1F)C(F)(F)C(F)(F)F. The van der Waals surface area contributed by atoms with E-state index in [4.69, 9.17) is 0 Å². The van der Waals surface area contributed by atoms with E-state index in [1.807, 2.05) is 0 Å². The number of halogens is 13. The molecule has 0 atom stereocenters. The molecule has 0 amide bonds. The molecule has 0 saturated heterocycles. The number of rotatable bonds is 8. The zero-order valence-corrected chi connectivity index (χ0v) is 15.0. The summed E-state index contributed by atoms with van der Waals surface area (Å²) in [7, 11) is 0. The van der Waals surface area contributed by atoms with Gasteiger partial charge in [0.2, 0.25) is 0 Å². The van der Waals surface area contributed by atoms with E-state index in [0.717, 1.165) is 0 Å². The third-order valence-electron chi connectivity index (χ3n) is 4.01. The van der Waals surface area contributed by atoms with Gasteiger partial charge >= 0.3 is 24.3 Å². The summed E-state index contributed by atoms with van der Waals surface area (Å²) in [5.74, 6) is -15.2. The Bertz CT molecular complexity index is 736. The Balaban J connectivity index is 3.73. The summed E-state index contributed by atoms with van der Waals surface area (Å²) in [6.45, 7) is 0.230. The van der Waals surface area contributed by atoms with Crippen LogP contribution in [0.2, 0.25) is 0 Å². The number of anilines is 1. The lowest BCUT2D eigenvalue weighted by atomic mass is 10.0. The van der Waals surface area contributed by atoms with Crippen molar-refractivity contribution < 1.29 is 57.1 Å². The summed E-state index contributed by atoms with van der Waals surface area (Å²) < 4.78 is 172. The fourth-order valence-electron chi connectivity index (χ4n) is 2.47. The number of unbranched alkanes of at least 4 members (excludes halogenated alkanes) is 3. The van der Waals surface area contributed by atoms with Crippen LogP contribution in [-0.4, -0.2) is 24.9 Å². The molecule has 0 saturated carbocycles. The maximum atomic E-state index is 14.4. The molecule has 0 unspecified atom stereocenters. The lowest BCUT2D eigenvalue weighted by Gasteiger charge is -2.35. The van der Waals surface area contributed by atoms with Gasteiger partial charge in [0.1, 0.15) is 5.56 Å². The molecule has 0 N–H and O–H groups in total. The van der Waals surface area contributed by atoms with Gasteiger partial charge in [-0.2, -0.15) is 43.9 Å². The van der Waals surface area contributed by atoms with Gasteiger partial charge in [-0.25, -0.2) is 13.2 Å². The first-order chi connectivity index (χ1) is 13.4. The average Bonchev–Trinajstić information content (AvgIpc) is 2.56. The summed E-state index contributed by atoms with van der Waals surface area (Å²) in [5, 5.41) is 0. The molecule has 14 heteroatoms. The molecule has 30 heavy (non-hydrogen) atoms. The van der Waals surface area contributed by atoms with Crippen molar-refractivity contribution in [2.45, 2.75) is 56.9 Å². The number of hydrogen-bond acceptors (Lipinski definition) is 1. The van der Waals surface area contributed by atoms with Crippen LogP contribution < -0.4 is 4.90 Å². The van der Waals surface area contributed by atoms with Crippen LogP contribution >= 0.6 is 0 Å². The zero-order chi connectivity index (χ0) is 23.7. The number of nitrogens with zero attached hydrogens (tertiary/aromatic N) is 1. The zero-order valence-electron chi connectivity index (χ0n) is 15.0. The van der Waals surface area contributed by atoms with E-state index in [-0.39, 0.29) is 6.42 Å². The number of hydrogen-bond donors (Lipinski definition) is 0. The maximum absolute atomic E-state index is 14.4. The van der Waals surface area contributed by atoms with Crippen molar-refractivity contribution in [1.82, 2.24) is 0 Å². The second-order valence-electron chi connectivity index (χ2n) is 6.20.